The fourth-order valence-corrected chi connectivity index (χ4v) is 6.99. The minimum absolute atomic E-state index is 0.00221. The summed E-state index contributed by atoms with van der Waals surface area (Å²) in [6.07, 6.45) is -0.0423. The summed E-state index contributed by atoms with van der Waals surface area (Å²) in [4.78, 5) is 52.5. The third-order valence-electron chi connectivity index (χ3n) is 9.73. The second-order valence-corrected chi connectivity index (χ2v) is 14.8. The van der Waals surface area contributed by atoms with Crippen molar-refractivity contribution in [1.82, 2.24) is 19.9 Å². The summed E-state index contributed by atoms with van der Waals surface area (Å²) < 4.78 is 18.8. The van der Waals surface area contributed by atoms with Crippen molar-refractivity contribution in [2.24, 2.45) is 5.92 Å². The molecule has 0 aliphatic heterocycles. The van der Waals surface area contributed by atoms with E-state index in [1.165, 1.54) is 16.1 Å². The van der Waals surface area contributed by atoms with E-state index in [4.69, 9.17) is 14.2 Å². The zero-order valence-electron chi connectivity index (χ0n) is 32.4. The molecule has 4 aromatic rings. The van der Waals surface area contributed by atoms with Crippen LogP contribution < -0.4 is 5.32 Å². The standard InChI is InChI=1S/C43H54N4O7/c1-7-52-25-23-44-41(50)31(20-21-40(49)54-43(2,3)4)27-33(48)22-24-47-32(26-30-14-8-13-19-39(30)47)28-45(5)46(6)42(51)53-29-38-36-17-11-9-15-34(36)35-16-10-12-18-37(35)38/h8-19,26,31,38H,7,20-25,27-29H2,1-6H3,(H,44,50)/t31-/m1/s1. The molecule has 0 radical (unpaired) electrons. The van der Waals surface area contributed by atoms with Gasteiger partial charge >= 0.3 is 12.1 Å². The van der Waals surface area contributed by atoms with Crippen molar-refractivity contribution in [2.75, 3.05) is 40.5 Å². The molecule has 11 nitrogen and oxygen atoms in total. The van der Waals surface area contributed by atoms with E-state index >= 15 is 0 Å². The number of ether oxygens (including phenoxy) is 3. The topological polar surface area (TPSA) is 119 Å². The highest BCUT2D eigenvalue weighted by Crippen LogP contribution is 2.44. The summed E-state index contributed by atoms with van der Waals surface area (Å²) in [5, 5.41) is 7.13. The summed E-state index contributed by atoms with van der Waals surface area (Å²) in [5.41, 5.74) is 5.88. The van der Waals surface area contributed by atoms with Gasteiger partial charge in [-0.05, 0) is 73.9 Å². The van der Waals surface area contributed by atoms with Crippen LogP contribution >= 0.6 is 0 Å². The van der Waals surface area contributed by atoms with Crippen molar-refractivity contribution in [3.8, 4) is 11.1 Å². The Balaban J connectivity index is 1.22. The first-order valence-corrected chi connectivity index (χ1v) is 18.8. The number of aryl methyl sites for hydroxylation is 1. The fraction of sp³-hybridized carbons (Fsp3) is 0.442. The summed E-state index contributed by atoms with van der Waals surface area (Å²) in [5.74, 6) is -1.49. The minimum atomic E-state index is -0.676. The van der Waals surface area contributed by atoms with E-state index in [-0.39, 0.29) is 49.9 Å². The predicted molar refractivity (Wildman–Crippen MR) is 209 cm³/mol. The van der Waals surface area contributed by atoms with Crippen LogP contribution in [0.3, 0.4) is 0 Å². The molecular weight excluding hydrogens is 684 g/mol. The Kier molecular flexibility index (Phi) is 13.7. The van der Waals surface area contributed by atoms with Crippen LogP contribution in [0.25, 0.3) is 22.0 Å². The van der Waals surface area contributed by atoms with Gasteiger partial charge in [0.25, 0.3) is 0 Å². The first kappa shape index (κ1) is 40.2. The normalized spacial score (nSPS) is 13.0. The Morgan fingerprint density at radius 1 is 0.889 bits per heavy atom. The second kappa shape index (κ2) is 18.4. The van der Waals surface area contributed by atoms with Gasteiger partial charge in [0.15, 0.2) is 0 Å². The van der Waals surface area contributed by atoms with Crippen LogP contribution in [0.4, 0.5) is 4.79 Å². The first-order valence-electron chi connectivity index (χ1n) is 18.8. The van der Waals surface area contributed by atoms with Crippen LogP contribution in [0, 0.1) is 5.92 Å². The molecule has 0 bridgehead atoms. The van der Waals surface area contributed by atoms with Crippen LogP contribution in [0.5, 0.6) is 0 Å². The maximum atomic E-state index is 13.5. The number of amides is 2. The number of benzene rings is 3. The van der Waals surface area contributed by atoms with Crippen LogP contribution in [-0.2, 0) is 41.7 Å². The Morgan fingerprint density at radius 2 is 1.54 bits per heavy atom. The molecule has 54 heavy (non-hydrogen) atoms. The molecule has 2 amide bonds. The zero-order valence-corrected chi connectivity index (χ0v) is 32.4. The largest absolute Gasteiger partial charge is 0.460 e. The number of hydrogen-bond acceptors (Lipinski definition) is 8. The molecule has 1 N–H and O–H groups in total. The molecule has 0 saturated heterocycles. The van der Waals surface area contributed by atoms with Crippen molar-refractivity contribution in [3.63, 3.8) is 0 Å². The van der Waals surface area contributed by atoms with Gasteiger partial charge in [0.2, 0.25) is 5.91 Å². The molecule has 1 heterocycles. The van der Waals surface area contributed by atoms with Gasteiger partial charge < -0.3 is 24.1 Å². The average molecular weight is 739 g/mol. The van der Waals surface area contributed by atoms with Gasteiger partial charge in [-0.15, -0.1) is 0 Å². The van der Waals surface area contributed by atoms with Crippen LogP contribution in [-0.4, -0.2) is 84.4 Å². The maximum absolute atomic E-state index is 13.5. The average Bonchev–Trinajstić information content (AvgIpc) is 3.66. The lowest BCUT2D eigenvalue weighted by molar-refractivity contribution is -0.155. The summed E-state index contributed by atoms with van der Waals surface area (Å²) in [7, 11) is 3.51. The molecule has 1 aromatic heterocycles. The number of para-hydroxylation sites is 1. The number of Topliss-reactive ketones (excluding diaryl/α,β-unsaturated/α-hetero) is 1. The lowest BCUT2D eigenvalue weighted by atomic mass is 9.94. The predicted octanol–water partition coefficient (Wildman–Crippen LogP) is 7.11. The van der Waals surface area contributed by atoms with E-state index in [1.54, 1.807) is 32.8 Å². The van der Waals surface area contributed by atoms with E-state index < -0.39 is 23.6 Å². The van der Waals surface area contributed by atoms with Crippen LogP contribution in [0.1, 0.15) is 76.1 Å². The highest BCUT2D eigenvalue weighted by molar-refractivity contribution is 5.87. The lowest BCUT2D eigenvalue weighted by Crippen LogP contribution is -2.41. The molecule has 288 valence electrons. The number of rotatable bonds is 18. The third kappa shape index (κ3) is 10.4. The number of nitrogens with one attached hydrogen (secondary N) is 1. The first-order chi connectivity index (χ1) is 25.9. The Morgan fingerprint density at radius 3 is 2.20 bits per heavy atom. The van der Waals surface area contributed by atoms with Crippen molar-refractivity contribution >= 4 is 34.7 Å². The molecule has 0 unspecified atom stereocenters. The molecule has 0 saturated carbocycles. The minimum Gasteiger partial charge on any atom is -0.460 e. The molecule has 5 rings (SSSR count). The van der Waals surface area contributed by atoms with Gasteiger partial charge in [-0.3, -0.25) is 14.4 Å². The Labute approximate surface area is 318 Å². The van der Waals surface area contributed by atoms with Gasteiger partial charge in [-0.2, -0.15) is 0 Å². The zero-order chi connectivity index (χ0) is 38.8. The number of nitrogens with zero attached hydrogens (tertiary/aromatic N) is 3. The van der Waals surface area contributed by atoms with E-state index in [0.717, 1.165) is 27.7 Å². The molecule has 1 aliphatic rings. The summed E-state index contributed by atoms with van der Waals surface area (Å²) in [6.45, 7) is 9.46. The monoisotopic (exact) mass is 738 g/mol. The molecule has 1 atom stereocenters. The molecule has 0 fully saturated rings. The van der Waals surface area contributed by atoms with E-state index in [9.17, 15) is 19.2 Å². The van der Waals surface area contributed by atoms with Crippen molar-refractivity contribution in [1.29, 1.82) is 0 Å². The Bertz CT molecular complexity index is 1880. The summed E-state index contributed by atoms with van der Waals surface area (Å²) in [6, 6.07) is 26.5. The van der Waals surface area contributed by atoms with Crippen LogP contribution in [0.2, 0.25) is 0 Å². The van der Waals surface area contributed by atoms with Gasteiger partial charge in [0, 0.05) is 76.1 Å². The molecule has 0 spiro atoms. The fourth-order valence-electron chi connectivity index (χ4n) is 6.99. The smallest absolute Gasteiger partial charge is 0.424 e. The third-order valence-corrected chi connectivity index (χ3v) is 9.73. The SMILES string of the molecule is CCOCCNC(=O)[C@H](CCC(=O)OC(C)(C)C)CC(=O)CCn1c(CN(C)N(C)C(=O)OCC2c3ccccc3-c3ccccc32)cc2ccccc21. The van der Waals surface area contributed by atoms with Crippen molar-refractivity contribution in [2.45, 2.75) is 78.0 Å². The molecule has 3 aromatic carbocycles. The van der Waals surface area contributed by atoms with E-state index in [2.05, 4.69) is 40.2 Å². The molecular formula is C43H54N4O7. The van der Waals surface area contributed by atoms with Gasteiger partial charge in [0.05, 0.1) is 13.2 Å². The number of carbonyl (C=O) groups excluding carboxylic acids is 4. The lowest BCUT2D eigenvalue weighted by Gasteiger charge is -2.28. The molecule has 11 heteroatoms. The maximum Gasteiger partial charge on any atom is 0.424 e. The van der Waals surface area contributed by atoms with Gasteiger partial charge in [-0.1, -0.05) is 66.7 Å². The highest BCUT2D eigenvalue weighted by Gasteiger charge is 2.30. The number of hydrogen-bond donors (Lipinski definition) is 1. The van der Waals surface area contributed by atoms with Gasteiger partial charge in [-0.25, -0.2) is 14.8 Å². The van der Waals surface area contributed by atoms with Crippen LogP contribution in [0.15, 0.2) is 78.9 Å². The number of fused-ring (bicyclic) bond motifs is 4. The number of esters is 1. The van der Waals surface area contributed by atoms with E-state index in [1.807, 2.05) is 62.5 Å². The number of hydrazine groups is 1. The van der Waals surface area contributed by atoms with Crippen molar-refractivity contribution in [3.05, 3.63) is 95.7 Å². The van der Waals surface area contributed by atoms with Gasteiger partial charge in [0.1, 0.15) is 18.0 Å². The Hall–Kier alpha value is -5.00. The van der Waals surface area contributed by atoms with Crippen molar-refractivity contribution < 1.29 is 33.4 Å². The quantitative estimate of drug-likeness (QED) is 0.0652. The second-order valence-electron chi connectivity index (χ2n) is 14.8. The number of carbonyl (C=O) groups is 4. The molecule has 1 aliphatic carbocycles. The van der Waals surface area contributed by atoms with E-state index in [0.29, 0.717) is 32.8 Å². The highest BCUT2D eigenvalue weighted by atomic mass is 16.6. The number of ketones is 1. The number of aromatic nitrogens is 1. The summed E-state index contributed by atoms with van der Waals surface area (Å²) >= 11 is 0.